The zero-order valence-electron chi connectivity index (χ0n) is 10.8. The van der Waals surface area contributed by atoms with Crippen LogP contribution in [0.5, 0.6) is 0 Å². The molecule has 0 bridgehead atoms. The van der Waals surface area contributed by atoms with Crippen LogP contribution >= 0.6 is 23.2 Å². The van der Waals surface area contributed by atoms with Gasteiger partial charge in [-0.2, -0.15) is 0 Å². The molecule has 0 saturated carbocycles. The van der Waals surface area contributed by atoms with E-state index in [2.05, 4.69) is 9.73 Å². The van der Waals surface area contributed by atoms with Gasteiger partial charge in [-0.1, -0.05) is 29.3 Å². The Hall–Kier alpha value is -1.78. The maximum atomic E-state index is 11.5. The number of carbonyl (C=O) groups excluding carboxylic acids is 1. The van der Waals surface area contributed by atoms with E-state index in [0.717, 1.165) is 0 Å². The molecular formula is C14H11Cl2NO3. The van der Waals surface area contributed by atoms with Crippen molar-refractivity contribution in [3.8, 4) is 0 Å². The third-order valence-corrected chi connectivity index (χ3v) is 3.50. The van der Waals surface area contributed by atoms with Crippen LogP contribution in [0.4, 0.5) is 0 Å². The number of aliphatic imine (C=N–C) groups is 1. The summed E-state index contributed by atoms with van der Waals surface area (Å²) >= 11 is 11.8. The smallest absolute Gasteiger partial charge is 0.343 e. The number of hydrogen-bond acceptors (Lipinski definition) is 4. The van der Waals surface area contributed by atoms with Crippen LogP contribution in [-0.4, -0.2) is 23.9 Å². The molecule has 20 heavy (non-hydrogen) atoms. The standard InChI is InChI=1S/C14H11Cl2NO3/c1-7-12(14(19)20-2)13(18)11(17-7)6-8-3-4-9(15)10(16)5-8/h3-6,18H,1-2H3/b11-6-. The van der Waals surface area contributed by atoms with E-state index in [-0.39, 0.29) is 17.0 Å². The van der Waals surface area contributed by atoms with Gasteiger partial charge in [-0.15, -0.1) is 0 Å². The van der Waals surface area contributed by atoms with Crippen LogP contribution in [0.3, 0.4) is 0 Å². The minimum atomic E-state index is -0.624. The minimum Gasteiger partial charge on any atom is -0.505 e. The second-order valence-corrected chi connectivity index (χ2v) is 4.93. The number of benzene rings is 1. The topological polar surface area (TPSA) is 58.9 Å². The Labute approximate surface area is 126 Å². The Bertz CT molecular complexity index is 675. The molecule has 0 amide bonds. The molecule has 0 atom stereocenters. The lowest BCUT2D eigenvalue weighted by Gasteiger charge is -2.01. The van der Waals surface area contributed by atoms with Crippen molar-refractivity contribution in [3.05, 3.63) is 50.8 Å². The molecule has 104 valence electrons. The summed E-state index contributed by atoms with van der Waals surface area (Å²) in [5, 5.41) is 10.9. The number of esters is 1. The number of aliphatic hydroxyl groups excluding tert-OH is 1. The van der Waals surface area contributed by atoms with Crippen LogP contribution in [0.15, 0.2) is 40.2 Å². The molecule has 0 radical (unpaired) electrons. The molecule has 0 unspecified atom stereocenters. The van der Waals surface area contributed by atoms with Crippen molar-refractivity contribution in [2.45, 2.75) is 6.92 Å². The van der Waals surface area contributed by atoms with Gasteiger partial charge in [-0.05, 0) is 30.7 Å². The Morgan fingerprint density at radius 3 is 2.65 bits per heavy atom. The first-order valence-electron chi connectivity index (χ1n) is 5.68. The average Bonchev–Trinajstić information content (AvgIpc) is 2.68. The summed E-state index contributed by atoms with van der Waals surface area (Å²) in [7, 11) is 1.25. The highest BCUT2D eigenvalue weighted by Crippen LogP contribution is 2.28. The summed E-state index contributed by atoms with van der Waals surface area (Å²) < 4.78 is 4.60. The van der Waals surface area contributed by atoms with E-state index in [9.17, 15) is 9.90 Å². The van der Waals surface area contributed by atoms with Crippen LogP contribution in [0.25, 0.3) is 6.08 Å². The molecule has 0 fully saturated rings. The molecule has 0 aliphatic carbocycles. The molecule has 0 spiro atoms. The van der Waals surface area contributed by atoms with E-state index < -0.39 is 5.97 Å². The second-order valence-electron chi connectivity index (χ2n) is 4.12. The number of halogens is 2. The lowest BCUT2D eigenvalue weighted by molar-refractivity contribution is -0.135. The summed E-state index contributed by atoms with van der Waals surface area (Å²) in [6.07, 6.45) is 1.61. The lowest BCUT2D eigenvalue weighted by Crippen LogP contribution is -2.11. The van der Waals surface area contributed by atoms with Crippen molar-refractivity contribution in [1.29, 1.82) is 0 Å². The highest BCUT2D eigenvalue weighted by molar-refractivity contribution is 6.42. The minimum absolute atomic E-state index is 0.0683. The van der Waals surface area contributed by atoms with Crippen molar-refractivity contribution in [1.82, 2.24) is 0 Å². The number of methoxy groups -OCH3 is 1. The van der Waals surface area contributed by atoms with E-state index in [4.69, 9.17) is 23.2 Å². The maximum absolute atomic E-state index is 11.5. The highest BCUT2D eigenvalue weighted by Gasteiger charge is 2.27. The van der Waals surface area contributed by atoms with Gasteiger partial charge in [0.25, 0.3) is 0 Å². The first-order valence-corrected chi connectivity index (χ1v) is 6.44. The predicted molar refractivity (Wildman–Crippen MR) is 79.2 cm³/mol. The van der Waals surface area contributed by atoms with E-state index >= 15 is 0 Å². The largest absolute Gasteiger partial charge is 0.505 e. The Balaban J connectivity index is 2.44. The van der Waals surface area contributed by atoms with E-state index in [1.165, 1.54) is 7.11 Å². The van der Waals surface area contributed by atoms with Crippen molar-refractivity contribution < 1.29 is 14.6 Å². The van der Waals surface area contributed by atoms with E-state index in [1.807, 2.05) is 0 Å². The second kappa shape index (κ2) is 5.69. The number of hydrogen-bond donors (Lipinski definition) is 1. The van der Waals surface area contributed by atoms with Crippen molar-refractivity contribution >= 4 is 41.0 Å². The first-order chi connectivity index (χ1) is 9.43. The number of nitrogens with zero attached hydrogens (tertiary/aromatic N) is 1. The van der Waals surface area contributed by atoms with Gasteiger partial charge in [0.1, 0.15) is 11.3 Å². The van der Waals surface area contributed by atoms with Gasteiger partial charge < -0.3 is 9.84 Å². The fourth-order valence-electron chi connectivity index (χ4n) is 1.80. The Morgan fingerprint density at radius 1 is 1.35 bits per heavy atom. The number of ether oxygens (including phenoxy) is 1. The summed E-state index contributed by atoms with van der Waals surface area (Å²) in [5.74, 6) is -0.832. The van der Waals surface area contributed by atoms with E-state index in [1.54, 1.807) is 31.2 Å². The van der Waals surface area contributed by atoms with Crippen LogP contribution in [0.2, 0.25) is 10.0 Å². The molecule has 4 nitrogen and oxygen atoms in total. The molecule has 1 aromatic rings. The number of aliphatic hydroxyl groups is 1. The number of carbonyl (C=O) groups is 1. The quantitative estimate of drug-likeness (QED) is 0.845. The summed E-state index contributed by atoms with van der Waals surface area (Å²) in [6, 6.07) is 5.02. The van der Waals surface area contributed by atoms with Crippen molar-refractivity contribution in [2.24, 2.45) is 4.99 Å². The van der Waals surface area contributed by atoms with Gasteiger partial charge in [0.05, 0.1) is 22.9 Å². The SMILES string of the molecule is COC(=O)C1=C(O)/C(=C/c2ccc(Cl)c(Cl)c2)N=C1C. The molecule has 0 aromatic heterocycles. The van der Waals surface area contributed by atoms with Gasteiger partial charge >= 0.3 is 5.97 Å². The zero-order valence-corrected chi connectivity index (χ0v) is 12.3. The van der Waals surface area contributed by atoms with Crippen LogP contribution in [-0.2, 0) is 9.53 Å². The van der Waals surface area contributed by atoms with Gasteiger partial charge in [-0.25, -0.2) is 9.79 Å². The fourth-order valence-corrected chi connectivity index (χ4v) is 2.10. The molecule has 1 N–H and O–H groups in total. The van der Waals surface area contributed by atoms with E-state index in [0.29, 0.717) is 21.3 Å². The maximum Gasteiger partial charge on any atom is 0.343 e. The summed E-state index contributed by atoms with van der Waals surface area (Å²) in [5.41, 5.74) is 1.46. The Kier molecular flexibility index (Phi) is 4.16. The molecule has 1 aliphatic rings. The molecule has 0 saturated heterocycles. The zero-order chi connectivity index (χ0) is 14.9. The first kappa shape index (κ1) is 14.6. The summed E-state index contributed by atoms with van der Waals surface area (Å²) in [6.45, 7) is 1.62. The molecule has 1 aliphatic heterocycles. The third-order valence-electron chi connectivity index (χ3n) is 2.77. The highest BCUT2D eigenvalue weighted by atomic mass is 35.5. The fraction of sp³-hybridized carbons (Fsp3) is 0.143. The van der Waals surface area contributed by atoms with Gasteiger partial charge in [0.15, 0.2) is 5.76 Å². The van der Waals surface area contributed by atoms with Gasteiger partial charge in [-0.3, -0.25) is 0 Å². The van der Waals surface area contributed by atoms with Crippen molar-refractivity contribution in [2.75, 3.05) is 7.11 Å². The average molecular weight is 312 g/mol. The monoisotopic (exact) mass is 311 g/mol. The lowest BCUT2D eigenvalue weighted by atomic mass is 10.1. The molecule has 2 rings (SSSR count). The molecule has 1 aromatic carbocycles. The van der Waals surface area contributed by atoms with Gasteiger partial charge in [0, 0.05) is 0 Å². The van der Waals surface area contributed by atoms with Crippen molar-refractivity contribution in [3.63, 3.8) is 0 Å². The summed E-state index contributed by atoms with van der Waals surface area (Å²) in [4.78, 5) is 15.7. The normalized spacial score (nSPS) is 16.6. The van der Waals surface area contributed by atoms with Crippen LogP contribution in [0.1, 0.15) is 12.5 Å². The number of rotatable bonds is 2. The molecule has 1 heterocycles. The Morgan fingerprint density at radius 2 is 2.05 bits per heavy atom. The van der Waals surface area contributed by atoms with Crippen LogP contribution in [0, 0.1) is 0 Å². The predicted octanol–water partition coefficient (Wildman–Crippen LogP) is 3.79. The van der Waals surface area contributed by atoms with Gasteiger partial charge in [0.2, 0.25) is 0 Å². The third kappa shape index (κ3) is 2.71. The molecule has 6 heteroatoms. The molecular weight excluding hydrogens is 301 g/mol. The van der Waals surface area contributed by atoms with Crippen LogP contribution < -0.4 is 0 Å².